The molecule has 2 nitrogen and oxygen atoms in total. The van der Waals surface area contributed by atoms with Crippen molar-refractivity contribution in [3.63, 3.8) is 0 Å². The van der Waals surface area contributed by atoms with E-state index in [1.165, 1.54) is 12.8 Å². The van der Waals surface area contributed by atoms with Gasteiger partial charge in [-0.2, -0.15) is 0 Å². The molecule has 1 saturated heterocycles. The Hall–Kier alpha value is -0.0800. The SMILES string of the molecule is CCCC(O)[C@@H]1CCCNC1. The maximum atomic E-state index is 9.63. The van der Waals surface area contributed by atoms with Crippen LogP contribution in [0.3, 0.4) is 0 Å². The topological polar surface area (TPSA) is 32.3 Å². The first kappa shape index (κ1) is 9.01. The highest BCUT2D eigenvalue weighted by Crippen LogP contribution is 2.17. The van der Waals surface area contributed by atoms with Gasteiger partial charge in [0, 0.05) is 6.54 Å². The summed E-state index contributed by atoms with van der Waals surface area (Å²) >= 11 is 0. The molecule has 1 aliphatic heterocycles. The van der Waals surface area contributed by atoms with Gasteiger partial charge >= 0.3 is 0 Å². The quantitative estimate of drug-likeness (QED) is 0.644. The first-order chi connectivity index (χ1) is 5.34. The predicted molar refractivity (Wildman–Crippen MR) is 46.5 cm³/mol. The monoisotopic (exact) mass is 157 g/mol. The average Bonchev–Trinajstić information content (AvgIpc) is 2.07. The third kappa shape index (κ3) is 2.80. The van der Waals surface area contributed by atoms with Gasteiger partial charge in [0.25, 0.3) is 0 Å². The lowest BCUT2D eigenvalue weighted by molar-refractivity contribution is 0.0835. The van der Waals surface area contributed by atoms with Gasteiger partial charge in [0.1, 0.15) is 0 Å². The molecule has 1 fully saturated rings. The van der Waals surface area contributed by atoms with E-state index < -0.39 is 0 Å². The number of hydrogen-bond acceptors (Lipinski definition) is 2. The van der Waals surface area contributed by atoms with Crippen molar-refractivity contribution in [2.24, 2.45) is 5.92 Å². The molecular weight excluding hydrogens is 138 g/mol. The van der Waals surface area contributed by atoms with Crippen LogP contribution in [0.25, 0.3) is 0 Å². The summed E-state index contributed by atoms with van der Waals surface area (Å²) in [6.07, 6.45) is 4.43. The van der Waals surface area contributed by atoms with Gasteiger partial charge in [-0.05, 0) is 31.7 Å². The second-order valence-electron chi connectivity index (χ2n) is 3.46. The van der Waals surface area contributed by atoms with Crippen LogP contribution in [0.4, 0.5) is 0 Å². The Kier molecular flexibility index (Phi) is 3.87. The molecular formula is C9H19NO. The Morgan fingerprint density at radius 2 is 2.45 bits per heavy atom. The van der Waals surface area contributed by atoms with Crippen molar-refractivity contribution in [2.75, 3.05) is 13.1 Å². The highest BCUT2D eigenvalue weighted by molar-refractivity contribution is 4.75. The summed E-state index contributed by atoms with van der Waals surface area (Å²) in [6.45, 7) is 4.27. The molecule has 1 rings (SSSR count). The minimum atomic E-state index is -0.0622. The average molecular weight is 157 g/mol. The zero-order valence-electron chi connectivity index (χ0n) is 7.34. The molecule has 1 heterocycles. The van der Waals surface area contributed by atoms with Crippen LogP contribution in [-0.4, -0.2) is 24.3 Å². The number of rotatable bonds is 3. The summed E-state index contributed by atoms with van der Waals surface area (Å²) in [4.78, 5) is 0. The zero-order chi connectivity index (χ0) is 8.10. The first-order valence-electron chi connectivity index (χ1n) is 4.73. The number of aliphatic hydroxyl groups is 1. The molecule has 0 saturated carbocycles. The standard InChI is InChI=1S/C9H19NO/c1-2-4-9(11)8-5-3-6-10-7-8/h8-11H,2-7H2,1H3/t8-,9?/m1/s1. The van der Waals surface area contributed by atoms with E-state index in [0.717, 1.165) is 25.9 Å². The van der Waals surface area contributed by atoms with Crippen LogP contribution in [0.2, 0.25) is 0 Å². The second-order valence-corrected chi connectivity index (χ2v) is 3.46. The molecule has 2 N–H and O–H groups in total. The maximum Gasteiger partial charge on any atom is 0.0580 e. The van der Waals surface area contributed by atoms with E-state index in [2.05, 4.69) is 12.2 Å². The second kappa shape index (κ2) is 4.73. The molecule has 0 radical (unpaired) electrons. The van der Waals surface area contributed by atoms with E-state index >= 15 is 0 Å². The highest BCUT2D eigenvalue weighted by atomic mass is 16.3. The predicted octanol–water partition coefficient (Wildman–Crippen LogP) is 1.15. The van der Waals surface area contributed by atoms with Crippen molar-refractivity contribution in [2.45, 2.75) is 38.7 Å². The fourth-order valence-corrected chi connectivity index (χ4v) is 1.74. The summed E-state index contributed by atoms with van der Waals surface area (Å²) in [5.41, 5.74) is 0. The number of aliphatic hydroxyl groups excluding tert-OH is 1. The third-order valence-electron chi connectivity index (χ3n) is 2.46. The lowest BCUT2D eigenvalue weighted by atomic mass is 9.91. The van der Waals surface area contributed by atoms with E-state index in [0.29, 0.717) is 5.92 Å². The summed E-state index contributed by atoms with van der Waals surface area (Å²) in [5.74, 6) is 0.517. The molecule has 0 bridgehead atoms. The Labute approximate surface area is 69.0 Å². The normalized spacial score (nSPS) is 28.4. The Balaban J connectivity index is 2.21. The zero-order valence-corrected chi connectivity index (χ0v) is 7.34. The van der Waals surface area contributed by atoms with Crippen molar-refractivity contribution < 1.29 is 5.11 Å². The van der Waals surface area contributed by atoms with Crippen LogP contribution in [0.15, 0.2) is 0 Å². The Morgan fingerprint density at radius 1 is 1.64 bits per heavy atom. The van der Waals surface area contributed by atoms with E-state index in [-0.39, 0.29) is 6.10 Å². The molecule has 2 atom stereocenters. The first-order valence-corrected chi connectivity index (χ1v) is 4.73. The van der Waals surface area contributed by atoms with Gasteiger partial charge in [-0.25, -0.2) is 0 Å². The van der Waals surface area contributed by atoms with Crippen molar-refractivity contribution in [1.29, 1.82) is 0 Å². The summed E-state index contributed by atoms with van der Waals surface area (Å²) in [5, 5.41) is 12.9. The molecule has 0 aromatic heterocycles. The number of nitrogens with one attached hydrogen (secondary N) is 1. The summed E-state index contributed by atoms with van der Waals surface area (Å²) in [6, 6.07) is 0. The van der Waals surface area contributed by atoms with Crippen LogP contribution in [0.1, 0.15) is 32.6 Å². The van der Waals surface area contributed by atoms with E-state index in [1.807, 2.05) is 0 Å². The number of piperidine rings is 1. The van der Waals surface area contributed by atoms with Gasteiger partial charge in [0.2, 0.25) is 0 Å². The third-order valence-corrected chi connectivity index (χ3v) is 2.46. The van der Waals surface area contributed by atoms with E-state index in [9.17, 15) is 5.11 Å². The minimum absolute atomic E-state index is 0.0622. The minimum Gasteiger partial charge on any atom is -0.393 e. The molecule has 11 heavy (non-hydrogen) atoms. The van der Waals surface area contributed by atoms with Crippen LogP contribution in [0, 0.1) is 5.92 Å². The van der Waals surface area contributed by atoms with Gasteiger partial charge in [0.05, 0.1) is 6.10 Å². The van der Waals surface area contributed by atoms with Crippen molar-refractivity contribution in [3.05, 3.63) is 0 Å². The van der Waals surface area contributed by atoms with Gasteiger partial charge in [-0.1, -0.05) is 13.3 Å². The van der Waals surface area contributed by atoms with Gasteiger partial charge in [0.15, 0.2) is 0 Å². The Morgan fingerprint density at radius 3 is 3.00 bits per heavy atom. The number of hydrogen-bond donors (Lipinski definition) is 2. The Bertz CT molecular complexity index is 99.7. The molecule has 2 heteroatoms. The molecule has 0 aromatic rings. The maximum absolute atomic E-state index is 9.63. The van der Waals surface area contributed by atoms with Gasteiger partial charge < -0.3 is 10.4 Å². The highest BCUT2D eigenvalue weighted by Gasteiger charge is 2.19. The molecule has 1 unspecified atom stereocenters. The van der Waals surface area contributed by atoms with Gasteiger partial charge in [-0.15, -0.1) is 0 Å². The van der Waals surface area contributed by atoms with Crippen LogP contribution in [-0.2, 0) is 0 Å². The smallest absolute Gasteiger partial charge is 0.0580 e. The molecule has 0 spiro atoms. The molecule has 0 aromatic carbocycles. The summed E-state index contributed by atoms with van der Waals surface area (Å²) in [7, 11) is 0. The lowest BCUT2D eigenvalue weighted by Gasteiger charge is -2.26. The van der Waals surface area contributed by atoms with E-state index in [1.54, 1.807) is 0 Å². The van der Waals surface area contributed by atoms with E-state index in [4.69, 9.17) is 0 Å². The van der Waals surface area contributed by atoms with Crippen LogP contribution in [0.5, 0.6) is 0 Å². The van der Waals surface area contributed by atoms with Crippen molar-refractivity contribution >= 4 is 0 Å². The lowest BCUT2D eigenvalue weighted by Crippen LogP contribution is -2.36. The molecule has 1 aliphatic rings. The summed E-state index contributed by atoms with van der Waals surface area (Å²) < 4.78 is 0. The molecule has 0 amide bonds. The molecule has 66 valence electrons. The van der Waals surface area contributed by atoms with Crippen molar-refractivity contribution in [1.82, 2.24) is 5.32 Å². The largest absolute Gasteiger partial charge is 0.393 e. The van der Waals surface area contributed by atoms with Gasteiger partial charge in [-0.3, -0.25) is 0 Å². The van der Waals surface area contributed by atoms with Crippen LogP contribution >= 0.6 is 0 Å². The van der Waals surface area contributed by atoms with Crippen molar-refractivity contribution in [3.8, 4) is 0 Å². The fraction of sp³-hybridized carbons (Fsp3) is 1.00. The van der Waals surface area contributed by atoms with Crippen LogP contribution < -0.4 is 5.32 Å². The molecule has 0 aliphatic carbocycles. The fourth-order valence-electron chi connectivity index (χ4n) is 1.74.